The van der Waals surface area contributed by atoms with Gasteiger partial charge in [0.1, 0.15) is 5.69 Å². The van der Waals surface area contributed by atoms with Crippen LogP contribution in [0.3, 0.4) is 0 Å². The second-order valence-corrected chi connectivity index (χ2v) is 6.13. The summed E-state index contributed by atoms with van der Waals surface area (Å²) in [5, 5.41) is 2.84. The smallest absolute Gasteiger partial charge is 0.276 e. The summed E-state index contributed by atoms with van der Waals surface area (Å²) < 4.78 is 0. The number of rotatable bonds is 5. The zero-order valence-electron chi connectivity index (χ0n) is 15.3. The first kappa shape index (κ1) is 18.3. The molecule has 0 spiro atoms. The van der Waals surface area contributed by atoms with E-state index in [1.165, 1.54) is 22.7 Å². The van der Waals surface area contributed by atoms with Crippen LogP contribution < -0.4 is 10.2 Å². The molecule has 5 heteroatoms. The number of carbonyl (C=O) groups is 2. The average molecular weight is 359 g/mol. The number of amides is 2. The van der Waals surface area contributed by atoms with Gasteiger partial charge in [-0.15, -0.1) is 0 Å². The number of aromatic nitrogens is 1. The first-order valence-electron chi connectivity index (χ1n) is 8.78. The van der Waals surface area contributed by atoms with Crippen LogP contribution in [0.5, 0.6) is 0 Å². The molecule has 0 aliphatic rings. The molecule has 0 unspecified atom stereocenters. The van der Waals surface area contributed by atoms with Crippen LogP contribution in [-0.2, 0) is 6.42 Å². The third-order valence-electron chi connectivity index (χ3n) is 4.31. The summed E-state index contributed by atoms with van der Waals surface area (Å²) in [7, 11) is 1.68. The standard InChI is InChI=1S/C22H21N3O2/c1-3-16-9-11-18(12-10-16)24-21(26)17-13-14-23-20(15-17)22(27)25(2)19-7-5-4-6-8-19/h4-15H,3H2,1-2H3,(H,24,26). The van der Waals surface area contributed by atoms with Crippen molar-refractivity contribution in [2.24, 2.45) is 0 Å². The lowest BCUT2D eigenvalue weighted by Gasteiger charge is -2.17. The first-order valence-corrected chi connectivity index (χ1v) is 8.78. The number of hydrogen-bond acceptors (Lipinski definition) is 3. The molecule has 0 aliphatic heterocycles. The molecular weight excluding hydrogens is 338 g/mol. The minimum atomic E-state index is -0.280. The van der Waals surface area contributed by atoms with Crippen molar-refractivity contribution in [3.05, 3.63) is 89.7 Å². The largest absolute Gasteiger partial charge is 0.322 e. The van der Waals surface area contributed by atoms with Crippen LogP contribution in [0.25, 0.3) is 0 Å². The third kappa shape index (κ3) is 4.39. The highest BCUT2D eigenvalue weighted by Crippen LogP contribution is 2.16. The molecular formula is C22H21N3O2. The highest BCUT2D eigenvalue weighted by atomic mass is 16.2. The zero-order valence-corrected chi connectivity index (χ0v) is 15.3. The van der Waals surface area contributed by atoms with Crippen molar-refractivity contribution >= 4 is 23.2 Å². The maximum atomic E-state index is 12.7. The van der Waals surface area contributed by atoms with Gasteiger partial charge in [-0.05, 0) is 48.4 Å². The van der Waals surface area contributed by atoms with E-state index in [1.807, 2.05) is 54.6 Å². The molecule has 1 N–H and O–H groups in total. The second kappa shape index (κ2) is 8.27. The third-order valence-corrected chi connectivity index (χ3v) is 4.31. The van der Waals surface area contributed by atoms with Crippen molar-refractivity contribution in [2.45, 2.75) is 13.3 Å². The lowest BCUT2D eigenvalue weighted by atomic mass is 10.1. The molecule has 0 radical (unpaired) electrons. The van der Waals surface area contributed by atoms with Gasteiger partial charge in [0.2, 0.25) is 0 Å². The fourth-order valence-corrected chi connectivity index (χ4v) is 2.66. The number of nitrogens with one attached hydrogen (secondary N) is 1. The van der Waals surface area contributed by atoms with E-state index in [-0.39, 0.29) is 17.5 Å². The van der Waals surface area contributed by atoms with E-state index < -0.39 is 0 Å². The van der Waals surface area contributed by atoms with E-state index in [0.717, 1.165) is 12.1 Å². The van der Waals surface area contributed by atoms with Crippen LogP contribution in [0.2, 0.25) is 0 Å². The molecule has 5 nitrogen and oxygen atoms in total. The fraction of sp³-hybridized carbons (Fsp3) is 0.136. The SMILES string of the molecule is CCc1ccc(NC(=O)c2ccnc(C(=O)N(C)c3ccccc3)c2)cc1. The van der Waals surface area contributed by atoms with Gasteiger partial charge in [0.15, 0.2) is 0 Å². The number of nitrogens with zero attached hydrogens (tertiary/aromatic N) is 2. The van der Waals surface area contributed by atoms with Crippen molar-refractivity contribution < 1.29 is 9.59 Å². The summed E-state index contributed by atoms with van der Waals surface area (Å²) in [5.74, 6) is -0.554. The Labute approximate surface area is 158 Å². The lowest BCUT2D eigenvalue weighted by Crippen LogP contribution is -2.27. The highest BCUT2D eigenvalue weighted by Gasteiger charge is 2.17. The summed E-state index contributed by atoms with van der Waals surface area (Å²) >= 11 is 0. The van der Waals surface area contributed by atoms with Crippen LogP contribution in [0.15, 0.2) is 72.9 Å². The number of para-hydroxylation sites is 1. The van der Waals surface area contributed by atoms with Gasteiger partial charge in [0, 0.05) is 30.2 Å². The Morgan fingerprint density at radius 1 is 1.00 bits per heavy atom. The Hall–Kier alpha value is -3.47. The van der Waals surface area contributed by atoms with Gasteiger partial charge >= 0.3 is 0 Å². The zero-order chi connectivity index (χ0) is 19.2. The predicted molar refractivity (Wildman–Crippen MR) is 107 cm³/mol. The molecule has 2 amide bonds. The molecule has 0 bridgehead atoms. The Morgan fingerprint density at radius 3 is 2.37 bits per heavy atom. The molecule has 1 aromatic heterocycles. The van der Waals surface area contributed by atoms with E-state index in [9.17, 15) is 9.59 Å². The molecule has 136 valence electrons. The van der Waals surface area contributed by atoms with Gasteiger partial charge in [-0.3, -0.25) is 14.6 Å². The quantitative estimate of drug-likeness (QED) is 0.743. The second-order valence-electron chi connectivity index (χ2n) is 6.13. The number of carbonyl (C=O) groups excluding carboxylic acids is 2. The van der Waals surface area contributed by atoms with Gasteiger partial charge in [-0.1, -0.05) is 37.3 Å². The molecule has 2 aromatic carbocycles. The molecule has 0 saturated carbocycles. The van der Waals surface area contributed by atoms with Crippen molar-refractivity contribution in [2.75, 3.05) is 17.3 Å². The number of benzene rings is 2. The highest BCUT2D eigenvalue weighted by molar-refractivity contribution is 6.08. The maximum absolute atomic E-state index is 12.7. The van der Waals surface area contributed by atoms with Gasteiger partial charge in [0.25, 0.3) is 11.8 Å². The molecule has 0 aliphatic carbocycles. The fourth-order valence-electron chi connectivity index (χ4n) is 2.66. The normalized spacial score (nSPS) is 10.3. The number of hydrogen-bond donors (Lipinski definition) is 1. The van der Waals surface area contributed by atoms with Crippen LogP contribution in [0.1, 0.15) is 33.3 Å². The summed E-state index contributed by atoms with van der Waals surface area (Å²) in [4.78, 5) is 30.8. The number of pyridine rings is 1. The van der Waals surface area contributed by atoms with E-state index >= 15 is 0 Å². The molecule has 3 aromatic rings. The molecule has 1 heterocycles. The monoisotopic (exact) mass is 359 g/mol. The van der Waals surface area contributed by atoms with Crippen LogP contribution in [0.4, 0.5) is 11.4 Å². The van der Waals surface area contributed by atoms with E-state index in [4.69, 9.17) is 0 Å². The van der Waals surface area contributed by atoms with Gasteiger partial charge in [-0.2, -0.15) is 0 Å². The predicted octanol–water partition coefficient (Wildman–Crippen LogP) is 4.17. The van der Waals surface area contributed by atoms with Gasteiger partial charge in [0.05, 0.1) is 0 Å². The van der Waals surface area contributed by atoms with E-state index in [0.29, 0.717) is 11.3 Å². The molecule has 27 heavy (non-hydrogen) atoms. The van der Waals surface area contributed by atoms with Crippen LogP contribution in [0, 0.1) is 0 Å². The lowest BCUT2D eigenvalue weighted by molar-refractivity contribution is 0.0988. The van der Waals surface area contributed by atoms with E-state index in [2.05, 4.69) is 17.2 Å². The molecule has 3 rings (SSSR count). The Kier molecular flexibility index (Phi) is 5.61. The Morgan fingerprint density at radius 2 is 1.70 bits per heavy atom. The average Bonchev–Trinajstić information content (AvgIpc) is 2.74. The van der Waals surface area contributed by atoms with Crippen LogP contribution >= 0.6 is 0 Å². The summed E-state index contributed by atoms with van der Waals surface area (Å²) in [6, 6.07) is 20.1. The van der Waals surface area contributed by atoms with Crippen molar-refractivity contribution in [3.63, 3.8) is 0 Å². The first-order chi connectivity index (χ1) is 13.1. The van der Waals surface area contributed by atoms with Gasteiger partial charge < -0.3 is 10.2 Å². The van der Waals surface area contributed by atoms with E-state index in [1.54, 1.807) is 13.1 Å². The minimum Gasteiger partial charge on any atom is -0.322 e. The Balaban J connectivity index is 1.76. The van der Waals surface area contributed by atoms with Crippen molar-refractivity contribution in [1.29, 1.82) is 0 Å². The Bertz CT molecular complexity index is 937. The molecule has 0 fully saturated rings. The summed E-state index contributed by atoms with van der Waals surface area (Å²) in [6.07, 6.45) is 2.42. The summed E-state index contributed by atoms with van der Waals surface area (Å²) in [6.45, 7) is 2.08. The van der Waals surface area contributed by atoms with Gasteiger partial charge in [-0.25, -0.2) is 0 Å². The minimum absolute atomic E-state index is 0.218. The van der Waals surface area contributed by atoms with Crippen LogP contribution in [-0.4, -0.2) is 23.8 Å². The van der Waals surface area contributed by atoms with Crippen molar-refractivity contribution in [1.82, 2.24) is 4.98 Å². The molecule has 0 saturated heterocycles. The molecule has 0 atom stereocenters. The van der Waals surface area contributed by atoms with Crippen molar-refractivity contribution in [3.8, 4) is 0 Å². The topological polar surface area (TPSA) is 62.3 Å². The summed E-state index contributed by atoms with van der Waals surface area (Å²) in [5.41, 5.74) is 3.27. The number of anilines is 2. The number of aryl methyl sites for hydroxylation is 1. The maximum Gasteiger partial charge on any atom is 0.276 e.